The van der Waals surface area contributed by atoms with Crippen LogP contribution in [0.4, 0.5) is 5.69 Å². The first-order valence-corrected chi connectivity index (χ1v) is 7.01. The number of benzene rings is 2. The second-order valence-electron chi connectivity index (χ2n) is 4.87. The van der Waals surface area contributed by atoms with Gasteiger partial charge >= 0.3 is 0 Å². The van der Waals surface area contributed by atoms with Crippen molar-refractivity contribution in [1.29, 1.82) is 0 Å². The van der Waals surface area contributed by atoms with Crippen LogP contribution in [0, 0.1) is 20.8 Å². The first-order chi connectivity index (χ1) is 8.97. The number of hydrogen-bond donors (Lipinski definition) is 1. The van der Waals surface area contributed by atoms with Gasteiger partial charge in [0.25, 0.3) is 0 Å². The second kappa shape index (κ2) is 5.66. The molecule has 0 heterocycles. The molecule has 0 saturated carbocycles. The van der Waals surface area contributed by atoms with E-state index in [1.807, 2.05) is 18.2 Å². The lowest BCUT2D eigenvalue weighted by molar-refractivity contribution is 0.301. The SMILES string of the molecule is Cc1cc(C)c(OCc2ccc(N)cc2Br)c(C)c1. The van der Waals surface area contributed by atoms with Crippen molar-refractivity contribution >= 4 is 21.6 Å². The Morgan fingerprint density at radius 3 is 2.26 bits per heavy atom. The molecule has 19 heavy (non-hydrogen) atoms. The third kappa shape index (κ3) is 3.29. The molecule has 2 N–H and O–H groups in total. The minimum Gasteiger partial charge on any atom is -0.488 e. The molecule has 0 saturated heterocycles. The number of nitrogen functional groups attached to an aromatic ring is 1. The summed E-state index contributed by atoms with van der Waals surface area (Å²) in [6.07, 6.45) is 0. The standard InChI is InChI=1S/C16H18BrNO/c1-10-6-11(2)16(12(3)7-10)19-9-13-4-5-14(18)8-15(13)17/h4-8H,9,18H2,1-3H3. The summed E-state index contributed by atoms with van der Waals surface area (Å²) in [5, 5.41) is 0. The number of ether oxygens (including phenoxy) is 1. The van der Waals surface area contributed by atoms with Crippen molar-refractivity contribution in [2.75, 3.05) is 5.73 Å². The number of nitrogens with two attached hydrogens (primary N) is 1. The van der Waals surface area contributed by atoms with Gasteiger partial charge in [-0.05, 0) is 44.0 Å². The Hall–Kier alpha value is -1.48. The summed E-state index contributed by atoms with van der Waals surface area (Å²) in [4.78, 5) is 0. The minimum atomic E-state index is 0.533. The van der Waals surface area contributed by atoms with Crippen LogP contribution < -0.4 is 10.5 Å². The maximum absolute atomic E-state index is 5.96. The molecule has 0 aliphatic heterocycles. The Balaban J connectivity index is 2.19. The van der Waals surface area contributed by atoms with E-state index in [0.717, 1.165) is 21.5 Å². The van der Waals surface area contributed by atoms with Crippen LogP contribution in [0.5, 0.6) is 5.75 Å². The largest absolute Gasteiger partial charge is 0.488 e. The van der Waals surface area contributed by atoms with E-state index in [2.05, 4.69) is 48.8 Å². The zero-order chi connectivity index (χ0) is 14.0. The minimum absolute atomic E-state index is 0.533. The molecular weight excluding hydrogens is 302 g/mol. The van der Waals surface area contributed by atoms with Crippen molar-refractivity contribution in [3.8, 4) is 5.75 Å². The van der Waals surface area contributed by atoms with Crippen molar-refractivity contribution in [3.05, 3.63) is 57.1 Å². The molecule has 0 atom stereocenters. The van der Waals surface area contributed by atoms with Gasteiger partial charge in [-0.1, -0.05) is 39.7 Å². The molecule has 0 unspecified atom stereocenters. The molecule has 0 spiro atoms. The van der Waals surface area contributed by atoms with Crippen LogP contribution in [-0.4, -0.2) is 0 Å². The maximum Gasteiger partial charge on any atom is 0.125 e. The van der Waals surface area contributed by atoms with Gasteiger partial charge in [-0.3, -0.25) is 0 Å². The average Bonchev–Trinajstić information content (AvgIpc) is 2.30. The quantitative estimate of drug-likeness (QED) is 0.843. The van der Waals surface area contributed by atoms with Crippen molar-refractivity contribution in [1.82, 2.24) is 0 Å². The van der Waals surface area contributed by atoms with E-state index >= 15 is 0 Å². The molecule has 3 heteroatoms. The van der Waals surface area contributed by atoms with Gasteiger partial charge in [0.15, 0.2) is 0 Å². The Labute approximate surface area is 122 Å². The first-order valence-electron chi connectivity index (χ1n) is 6.22. The predicted octanol–water partition coefficient (Wildman–Crippen LogP) is 4.54. The van der Waals surface area contributed by atoms with Crippen molar-refractivity contribution in [2.45, 2.75) is 27.4 Å². The third-order valence-corrected chi connectivity index (χ3v) is 3.79. The summed E-state index contributed by atoms with van der Waals surface area (Å²) in [7, 11) is 0. The van der Waals surface area contributed by atoms with E-state index in [4.69, 9.17) is 10.5 Å². The lowest BCUT2D eigenvalue weighted by Crippen LogP contribution is -2.00. The summed E-state index contributed by atoms with van der Waals surface area (Å²) in [5.74, 6) is 0.967. The molecule has 0 radical (unpaired) electrons. The van der Waals surface area contributed by atoms with Gasteiger partial charge in [0, 0.05) is 15.7 Å². The molecule has 2 nitrogen and oxygen atoms in total. The normalized spacial score (nSPS) is 10.5. The molecule has 0 bridgehead atoms. The highest BCUT2D eigenvalue weighted by atomic mass is 79.9. The van der Waals surface area contributed by atoms with E-state index in [1.54, 1.807) is 0 Å². The van der Waals surface area contributed by atoms with E-state index in [0.29, 0.717) is 6.61 Å². The van der Waals surface area contributed by atoms with Gasteiger partial charge < -0.3 is 10.5 Å². The van der Waals surface area contributed by atoms with Crippen molar-refractivity contribution in [2.24, 2.45) is 0 Å². The molecule has 0 aromatic heterocycles. The van der Waals surface area contributed by atoms with Gasteiger partial charge in [-0.15, -0.1) is 0 Å². The van der Waals surface area contributed by atoms with Crippen molar-refractivity contribution in [3.63, 3.8) is 0 Å². The monoisotopic (exact) mass is 319 g/mol. The van der Waals surface area contributed by atoms with Gasteiger partial charge in [0.2, 0.25) is 0 Å². The Morgan fingerprint density at radius 2 is 1.68 bits per heavy atom. The molecule has 2 aromatic rings. The fourth-order valence-electron chi connectivity index (χ4n) is 2.22. The first kappa shape index (κ1) is 13.9. The number of anilines is 1. The van der Waals surface area contributed by atoms with E-state index in [1.165, 1.54) is 16.7 Å². The lowest BCUT2D eigenvalue weighted by Gasteiger charge is -2.14. The highest BCUT2D eigenvalue weighted by Gasteiger charge is 2.07. The van der Waals surface area contributed by atoms with Crippen LogP contribution in [0.2, 0.25) is 0 Å². The predicted molar refractivity (Wildman–Crippen MR) is 83.5 cm³/mol. The Bertz CT molecular complexity index is 585. The van der Waals surface area contributed by atoms with Gasteiger partial charge in [-0.2, -0.15) is 0 Å². The van der Waals surface area contributed by atoms with Crippen LogP contribution in [0.15, 0.2) is 34.8 Å². The second-order valence-corrected chi connectivity index (χ2v) is 5.72. The highest BCUT2D eigenvalue weighted by molar-refractivity contribution is 9.10. The molecule has 2 rings (SSSR count). The highest BCUT2D eigenvalue weighted by Crippen LogP contribution is 2.27. The Morgan fingerprint density at radius 1 is 1.05 bits per heavy atom. The Kier molecular flexibility index (Phi) is 4.15. The summed E-state index contributed by atoms with van der Waals surface area (Å²) in [5.41, 5.74) is 11.2. The molecular formula is C16H18BrNO. The molecule has 0 fully saturated rings. The number of hydrogen-bond acceptors (Lipinski definition) is 2. The van der Waals surface area contributed by atoms with Crippen molar-refractivity contribution < 1.29 is 4.74 Å². The lowest BCUT2D eigenvalue weighted by atomic mass is 10.1. The molecule has 100 valence electrons. The fourth-order valence-corrected chi connectivity index (χ4v) is 2.74. The van der Waals surface area contributed by atoms with E-state index < -0.39 is 0 Å². The van der Waals surface area contributed by atoms with E-state index in [-0.39, 0.29) is 0 Å². The smallest absolute Gasteiger partial charge is 0.125 e. The molecule has 0 aliphatic rings. The maximum atomic E-state index is 5.96. The molecule has 2 aromatic carbocycles. The number of halogens is 1. The van der Waals surface area contributed by atoms with Gasteiger partial charge in [-0.25, -0.2) is 0 Å². The van der Waals surface area contributed by atoms with Crippen LogP contribution in [0.25, 0.3) is 0 Å². The number of aryl methyl sites for hydroxylation is 3. The topological polar surface area (TPSA) is 35.2 Å². The van der Waals surface area contributed by atoms with Crippen LogP contribution in [0.3, 0.4) is 0 Å². The summed E-state index contributed by atoms with van der Waals surface area (Å²) in [6.45, 7) is 6.78. The number of rotatable bonds is 3. The summed E-state index contributed by atoms with van der Waals surface area (Å²) in [6, 6.07) is 10.0. The van der Waals surface area contributed by atoms with Crippen LogP contribution in [0.1, 0.15) is 22.3 Å². The zero-order valence-corrected chi connectivity index (χ0v) is 13.0. The summed E-state index contributed by atoms with van der Waals surface area (Å²) >= 11 is 3.51. The van der Waals surface area contributed by atoms with E-state index in [9.17, 15) is 0 Å². The fraction of sp³-hybridized carbons (Fsp3) is 0.250. The third-order valence-electron chi connectivity index (χ3n) is 3.05. The summed E-state index contributed by atoms with van der Waals surface area (Å²) < 4.78 is 6.94. The average molecular weight is 320 g/mol. The molecule has 0 aliphatic carbocycles. The molecule has 0 amide bonds. The van der Waals surface area contributed by atoms with Crippen LogP contribution in [-0.2, 0) is 6.61 Å². The zero-order valence-electron chi connectivity index (χ0n) is 11.5. The van der Waals surface area contributed by atoms with Gasteiger partial charge in [0.1, 0.15) is 12.4 Å². The van der Waals surface area contributed by atoms with Gasteiger partial charge in [0.05, 0.1) is 0 Å². The van der Waals surface area contributed by atoms with Crippen LogP contribution >= 0.6 is 15.9 Å².